The topological polar surface area (TPSA) is 146 Å². The number of aromatic hydroxyl groups is 2. The van der Waals surface area contributed by atoms with Gasteiger partial charge in [-0.2, -0.15) is 0 Å². The van der Waals surface area contributed by atoms with E-state index in [4.69, 9.17) is 9.47 Å². The van der Waals surface area contributed by atoms with Gasteiger partial charge in [-0.15, -0.1) is 0 Å². The minimum Gasteiger partial charge on any atom is -0.507 e. The van der Waals surface area contributed by atoms with Gasteiger partial charge < -0.3 is 30.1 Å². The second kappa shape index (κ2) is 7.31. The Balaban J connectivity index is 1.59. The molecule has 0 aromatic heterocycles. The molecule has 192 valence electrons. The summed E-state index contributed by atoms with van der Waals surface area (Å²) in [4.78, 5) is 39.9. The number of hydrogen-bond donors (Lipinski definition) is 4. The molecule has 7 rings (SSSR count). The molecule has 2 aromatic carbocycles. The smallest absolute Gasteiger partial charge is 0.335 e. The van der Waals surface area contributed by atoms with Crippen molar-refractivity contribution < 1.29 is 39.2 Å². The molecule has 2 aliphatic heterocycles. The Kier molecular flexibility index (Phi) is 4.34. The molecule has 1 saturated heterocycles. The van der Waals surface area contributed by atoms with Crippen LogP contribution in [0.5, 0.6) is 11.5 Å². The zero-order chi connectivity index (χ0) is 27.4. The molecule has 4 N–H and O–H groups in total. The molecule has 0 radical (unpaired) electrons. The SMILES string of the molecule is COC1=C(C(=O)O)C(C)C23OC24c2cc(O)c5c(c2NC3C#C/C=C\C#CC14)C(=O)c1c(O)cccc1C5=O. The lowest BCUT2D eigenvalue weighted by Gasteiger charge is -2.43. The van der Waals surface area contributed by atoms with Crippen molar-refractivity contribution in [2.24, 2.45) is 11.8 Å². The van der Waals surface area contributed by atoms with E-state index in [9.17, 15) is 29.7 Å². The van der Waals surface area contributed by atoms with Crippen LogP contribution in [0.25, 0.3) is 0 Å². The fraction of sp³-hybridized carbons (Fsp3) is 0.233. The standard InChI is InChI=1S/C30H19NO8/c1-13-20(28(36)37)27(38-2)15-9-5-3-4-6-11-19-29(13)30(15,39-29)16-12-18(33)22-23(24(16)31-19)26(35)21-14(25(22)34)8-7-10-17(21)32/h3-4,7-8,10,12-13,15,19,31-33H,1-2H3,(H,36,37)/b4-3-. The number of phenols is 2. The zero-order valence-electron chi connectivity index (χ0n) is 20.6. The predicted molar refractivity (Wildman–Crippen MR) is 135 cm³/mol. The summed E-state index contributed by atoms with van der Waals surface area (Å²) >= 11 is 0. The molecule has 2 heterocycles. The highest BCUT2D eigenvalue weighted by molar-refractivity contribution is 6.32. The van der Waals surface area contributed by atoms with Crippen LogP contribution in [0.3, 0.4) is 0 Å². The lowest BCUT2D eigenvalue weighted by atomic mass is 9.59. The van der Waals surface area contributed by atoms with Crippen LogP contribution in [0, 0.1) is 35.5 Å². The number of carbonyl (C=O) groups is 3. The lowest BCUT2D eigenvalue weighted by molar-refractivity contribution is -0.134. The number of carbonyl (C=O) groups excluding carboxylic acids is 2. The van der Waals surface area contributed by atoms with Gasteiger partial charge in [-0.1, -0.05) is 42.7 Å². The maximum Gasteiger partial charge on any atom is 0.335 e. The van der Waals surface area contributed by atoms with Gasteiger partial charge >= 0.3 is 5.97 Å². The number of anilines is 1. The molecule has 39 heavy (non-hydrogen) atoms. The summed E-state index contributed by atoms with van der Waals surface area (Å²) < 4.78 is 12.2. The van der Waals surface area contributed by atoms with Crippen molar-refractivity contribution in [3.63, 3.8) is 0 Å². The van der Waals surface area contributed by atoms with Crippen molar-refractivity contribution in [1.29, 1.82) is 0 Å². The lowest BCUT2D eigenvalue weighted by Crippen LogP contribution is -2.55. The Morgan fingerprint density at radius 1 is 1.05 bits per heavy atom. The Hall–Kier alpha value is -4.99. The molecule has 5 aliphatic rings. The first kappa shape index (κ1) is 23.2. The number of carboxylic acids is 1. The Labute approximate surface area is 221 Å². The third-order valence-electron chi connectivity index (χ3n) is 8.43. The maximum absolute atomic E-state index is 13.9. The summed E-state index contributed by atoms with van der Waals surface area (Å²) in [5.41, 5.74) is -2.57. The van der Waals surface area contributed by atoms with E-state index in [2.05, 4.69) is 29.0 Å². The molecule has 5 atom stereocenters. The number of phenolic OH excluding ortho intramolecular Hbond substituents is 2. The van der Waals surface area contributed by atoms with E-state index in [0.717, 1.165) is 0 Å². The van der Waals surface area contributed by atoms with Gasteiger partial charge in [0.1, 0.15) is 40.4 Å². The molecule has 3 aliphatic carbocycles. The van der Waals surface area contributed by atoms with E-state index >= 15 is 0 Å². The molecule has 9 heteroatoms. The minimum absolute atomic E-state index is 0.00110. The molecular weight excluding hydrogens is 502 g/mol. The van der Waals surface area contributed by atoms with Gasteiger partial charge in [-0.25, -0.2) is 4.79 Å². The summed E-state index contributed by atoms with van der Waals surface area (Å²) in [6, 6.07) is 4.72. The molecule has 2 aromatic rings. The number of rotatable bonds is 2. The fourth-order valence-electron chi connectivity index (χ4n) is 6.87. The van der Waals surface area contributed by atoms with Crippen LogP contribution in [0.2, 0.25) is 0 Å². The first-order valence-electron chi connectivity index (χ1n) is 12.2. The number of ketones is 2. The highest BCUT2D eigenvalue weighted by atomic mass is 16.6. The maximum atomic E-state index is 13.9. The van der Waals surface area contributed by atoms with Gasteiger partial charge in [-0.05, 0) is 24.3 Å². The Bertz CT molecular complexity index is 1790. The van der Waals surface area contributed by atoms with Gasteiger partial charge in [0.2, 0.25) is 0 Å². The van der Waals surface area contributed by atoms with Crippen molar-refractivity contribution in [2.75, 3.05) is 12.4 Å². The first-order chi connectivity index (χ1) is 18.7. The summed E-state index contributed by atoms with van der Waals surface area (Å²) in [5, 5.41) is 35.2. The van der Waals surface area contributed by atoms with Crippen molar-refractivity contribution in [3.05, 3.63) is 75.6 Å². The van der Waals surface area contributed by atoms with E-state index < -0.39 is 52.4 Å². The van der Waals surface area contributed by atoms with Crippen molar-refractivity contribution >= 4 is 23.2 Å². The summed E-state index contributed by atoms with van der Waals surface area (Å²) in [6.45, 7) is 1.71. The quantitative estimate of drug-likeness (QED) is 0.227. The average molecular weight is 521 g/mol. The van der Waals surface area contributed by atoms with E-state index in [-0.39, 0.29) is 45.0 Å². The fourth-order valence-corrected chi connectivity index (χ4v) is 6.87. The van der Waals surface area contributed by atoms with Gasteiger partial charge in [0.05, 0.1) is 35.1 Å². The predicted octanol–water partition coefficient (Wildman–Crippen LogP) is 2.46. The van der Waals surface area contributed by atoms with E-state index in [1.165, 1.54) is 37.5 Å². The Morgan fingerprint density at radius 2 is 1.79 bits per heavy atom. The molecule has 4 bridgehead atoms. The van der Waals surface area contributed by atoms with Crippen LogP contribution in [-0.2, 0) is 19.9 Å². The number of methoxy groups -OCH3 is 1. The number of aliphatic carboxylic acids is 1. The average Bonchev–Trinajstić information content (AvgIpc) is 3.63. The number of epoxide rings is 1. The van der Waals surface area contributed by atoms with Crippen LogP contribution in [0.4, 0.5) is 5.69 Å². The minimum atomic E-state index is -1.36. The summed E-state index contributed by atoms with van der Waals surface area (Å²) in [7, 11) is 1.36. The van der Waals surface area contributed by atoms with Crippen molar-refractivity contribution in [1.82, 2.24) is 0 Å². The number of ether oxygens (including phenoxy) is 2. The van der Waals surface area contributed by atoms with E-state index in [1.54, 1.807) is 13.0 Å². The molecule has 1 fully saturated rings. The number of allylic oxidation sites excluding steroid dienone is 2. The van der Waals surface area contributed by atoms with Crippen LogP contribution in [0.15, 0.2) is 47.7 Å². The number of fused-ring (bicyclic) bond motifs is 4. The van der Waals surface area contributed by atoms with Crippen molar-refractivity contribution in [3.8, 4) is 35.2 Å². The van der Waals surface area contributed by atoms with Crippen LogP contribution >= 0.6 is 0 Å². The highest BCUT2D eigenvalue weighted by Gasteiger charge is 2.85. The van der Waals surface area contributed by atoms with Gasteiger partial charge in [0.25, 0.3) is 0 Å². The number of hydrogen-bond acceptors (Lipinski definition) is 8. The normalized spacial score (nSPS) is 31.0. The third-order valence-corrected chi connectivity index (χ3v) is 8.43. The summed E-state index contributed by atoms with van der Waals surface area (Å²) in [5.74, 6) is 7.11. The molecule has 0 spiro atoms. The van der Waals surface area contributed by atoms with Crippen LogP contribution < -0.4 is 5.32 Å². The van der Waals surface area contributed by atoms with Crippen LogP contribution in [0.1, 0.15) is 44.3 Å². The van der Waals surface area contributed by atoms with Gasteiger partial charge in [0, 0.05) is 17.0 Å². The highest BCUT2D eigenvalue weighted by Crippen LogP contribution is 2.74. The molecular formula is C30H19NO8. The Morgan fingerprint density at radius 3 is 2.51 bits per heavy atom. The molecule has 5 unspecified atom stereocenters. The van der Waals surface area contributed by atoms with Gasteiger partial charge in [0.15, 0.2) is 11.6 Å². The molecule has 0 saturated carbocycles. The van der Waals surface area contributed by atoms with Crippen molar-refractivity contribution in [2.45, 2.75) is 24.2 Å². The zero-order valence-corrected chi connectivity index (χ0v) is 20.6. The van der Waals surface area contributed by atoms with E-state index in [1.807, 2.05) is 0 Å². The number of benzene rings is 2. The largest absolute Gasteiger partial charge is 0.507 e. The molecule has 0 amide bonds. The second-order valence-corrected chi connectivity index (χ2v) is 9.99. The van der Waals surface area contributed by atoms with E-state index in [0.29, 0.717) is 5.56 Å². The summed E-state index contributed by atoms with van der Waals surface area (Å²) in [6.07, 6.45) is 3.09. The first-order valence-corrected chi connectivity index (χ1v) is 12.2. The number of carboxylic acid groups (broad SMARTS) is 1. The monoisotopic (exact) mass is 521 g/mol. The molecule has 9 nitrogen and oxygen atoms in total. The second-order valence-electron chi connectivity index (χ2n) is 9.99. The van der Waals surface area contributed by atoms with Gasteiger partial charge in [-0.3, -0.25) is 9.59 Å². The third kappa shape index (κ3) is 2.49. The number of nitrogens with one attached hydrogen (secondary N) is 1. The van der Waals surface area contributed by atoms with Crippen LogP contribution in [-0.4, -0.2) is 51.6 Å².